The van der Waals surface area contributed by atoms with Crippen molar-refractivity contribution in [3.05, 3.63) is 33.9 Å². The molecule has 0 amide bonds. The molecule has 2 atom stereocenters. The summed E-state index contributed by atoms with van der Waals surface area (Å²) < 4.78 is 6.11. The lowest BCUT2D eigenvalue weighted by Gasteiger charge is -2.52. The van der Waals surface area contributed by atoms with Gasteiger partial charge >= 0.3 is 5.97 Å². The van der Waals surface area contributed by atoms with Gasteiger partial charge in [0.05, 0.1) is 13.2 Å². The van der Waals surface area contributed by atoms with Crippen molar-refractivity contribution in [3.8, 4) is 0 Å². The maximum atomic E-state index is 11.9. The molecule has 5 heteroatoms. The summed E-state index contributed by atoms with van der Waals surface area (Å²) in [5.74, 6) is -0.0922. The number of hydrogen-bond donors (Lipinski definition) is 1. The van der Waals surface area contributed by atoms with Crippen LogP contribution in [-0.4, -0.2) is 36.1 Å². The highest BCUT2D eigenvalue weighted by molar-refractivity contribution is 9.10. The van der Waals surface area contributed by atoms with E-state index < -0.39 is 0 Å². The number of methoxy groups -OCH3 is 1. The number of rotatable bonds is 4. The van der Waals surface area contributed by atoms with Gasteiger partial charge in [0.15, 0.2) is 0 Å². The van der Waals surface area contributed by atoms with Crippen LogP contribution in [0.4, 0.5) is 0 Å². The number of benzene rings is 1. The molecule has 1 fully saturated rings. The topological polar surface area (TPSA) is 45.3 Å². The second-order valence-electron chi connectivity index (χ2n) is 7.76. The standard InChI is InChI=1S/C21H27BrN2O2/c1-3-21(11-8-17(25)26-2)10-5-12-24-13-9-14-18-15(22)6-4-7-16(18)23-19(14)20(21)24/h4,6-7,20,23H,3,5,8-13H2,1-2H3/t20-,21+/m1/s1. The molecule has 0 unspecified atom stereocenters. The first-order chi connectivity index (χ1) is 12.6. The van der Waals surface area contributed by atoms with E-state index >= 15 is 0 Å². The second kappa shape index (κ2) is 7.01. The van der Waals surface area contributed by atoms with Crippen molar-refractivity contribution in [2.45, 2.75) is 51.5 Å². The third-order valence-electron chi connectivity index (χ3n) is 6.66. The normalized spacial score (nSPS) is 25.7. The van der Waals surface area contributed by atoms with Crippen molar-refractivity contribution in [1.82, 2.24) is 9.88 Å². The number of aromatic nitrogens is 1. The molecule has 4 rings (SSSR count). The molecule has 1 aromatic heterocycles. The highest BCUT2D eigenvalue weighted by Crippen LogP contribution is 2.54. The third-order valence-corrected chi connectivity index (χ3v) is 7.32. The van der Waals surface area contributed by atoms with Crippen LogP contribution in [0.15, 0.2) is 22.7 Å². The summed E-state index contributed by atoms with van der Waals surface area (Å²) in [4.78, 5) is 18.3. The Balaban J connectivity index is 1.80. The van der Waals surface area contributed by atoms with Crippen molar-refractivity contribution in [1.29, 1.82) is 0 Å². The Labute approximate surface area is 163 Å². The summed E-state index contributed by atoms with van der Waals surface area (Å²) in [6, 6.07) is 6.77. The number of H-pyrrole nitrogens is 1. The summed E-state index contributed by atoms with van der Waals surface area (Å²) in [7, 11) is 1.49. The number of nitrogens with one attached hydrogen (secondary N) is 1. The van der Waals surface area contributed by atoms with Crippen molar-refractivity contribution < 1.29 is 9.53 Å². The molecule has 0 radical (unpaired) electrons. The van der Waals surface area contributed by atoms with Gasteiger partial charge in [-0.3, -0.25) is 9.69 Å². The molecule has 2 aliphatic rings. The van der Waals surface area contributed by atoms with E-state index in [1.807, 2.05) is 0 Å². The molecule has 0 saturated carbocycles. The second-order valence-corrected chi connectivity index (χ2v) is 8.62. The zero-order valence-corrected chi connectivity index (χ0v) is 17.2. The number of hydrogen-bond acceptors (Lipinski definition) is 3. The van der Waals surface area contributed by atoms with Gasteiger partial charge in [-0.2, -0.15) is 0 Å². The van der Waals surface area contributed by atoms with Crippen LogP contribution in [0.1, 0.15) is 56.3 Å². The fourth-order valence-electron chi connectivity index (χ4n) is 5.32. The number of aromatic amines is 1. The Bertz CT molecular complexity index is 831. The van der Waals surface area contributed by atoms with Crippen LogP contribution in [0.2, 0.25) is 0 Å². The van der Waals surface area contributed by atoms with Crippen molar-refractivity contribution in [2.24, 2.45) is 5.41 Å². The number of nitrogens with zero attached hydrogens (tertiary/aromatic N) is 1. The number of esters is 1. The minimum atomic E-state index is -0.0922. The number of ether oxygens (including phenoxy) is 1. The fraction of sp³-hybridized carbons (Fsp3) is 0.571. The van der Waals surface area contributed by atoms with Gasteiger partial charge in [-0.1, -0.05) is 28.9 Å². The molecule has 1 aromatic carbocycles. The van der Waals surface area contributed by atoms with Gasteiger partial charge in [-0.05, 0) is 61.8 Å². The first-order valence-corrected chi connectivity index (χ1v) is 10.5. The fourth-order valence-corrected chi connectivity index (χ4v) is 5.92. The van der Waals surface area contributed by atoms with Crippen molar-refractivity contribution in [2.75, 3.05) is 20.2 Å². The summed E-state index contributed by atoms with van der Waals surface area (Å²) in [6.45, 7) is 4.54. The van der Waals surface area contributed by atoms with E-state index in [1.165, 1.54) is 46.6 Å². The van der Waals surface area contributed by atoms with Crippen LogP contribution in [0.3, 0.4) is 0 Å². The molecule has 0 bridgehead atoms. The molecule has 26 heavy (non-hydrogen) atoms. The van der Waals surface area contributed by atoms with Crippen LogP contribution in [-0.2, 0) is 16.0 Å². The van der Waals surface area contributed by atoms with Gasteiger partial charge in [-0.25, -0.2) is 0 Å². The predicted octanol–water partition coefficient (Wildman–Crippen LogP) is 4.97. The van der Waals surface area contributed by atoms with Crippen LogP contribution in [0, 0.1) is 5.41 Å². The van der Waals surface area contributed by atoms with Gasteiger partial charge in [0.2, 0.25) is 0 Å². The average molecular weight is 419 g/mol. The minimum absolute atomic E-state index is 0.0922. The summed E-state index contributed by atoms with van der Waals surface area (Å²) in [5, 5.41) is 1.34. The average Bonchev–Trinajstić information content (AvgIpc) is 3.05. The quantitative estimate of drug-likeness (QED) is 0.712. The summed E-state index contributed by atoms with van der Waals surface area (Å²) in [5.41, 5.74) is 4.19. The van der Waals surface area contributed by atoms with E-state index in [1.54, 1.807) is 0 Å². The zero-order valence-electron chi connectivity index (χ0n) is 15.6. The first kappa shape index (κ1) is 18.1. The Kier molecular flexibility index (Phi) is 4.86. The zero-order chi connectivity index (χ0) is 18.3. The van der Waals surface area contributed by atoms with Crippen molar-refractivity contribution >= 4 is 32.8 Å². The summed E-state index contributed by atoms with van der Waals surface area (Å²) >= 11 is 3.75. The molecule has 140 valence electrons. The van der Waals surface area contributed by atoms with Crippen LogP contribution in [0.25, 0.3) is 10.9 Å². The molecule has 2 aliphatic heterocycles. The van der Waals surface area contributed by atoms with E-state index in [0.29, 0.717) is 12.5 Å². The largest absolute Gasteiger partial charge is 0.469 e. The first-order valence-electron chi connectivity index (χ1n) is 9.69. The van der Waals surface area contributed by atoms with Gasteiger partial charge < -0.3 is 9.72 Å². The molecule has 0 aliphatic carbocycles. The molecular formula is C21H27BrN2O2. The van der Waals surface area contributed by atoms with E-state index in [9.17, 15) is 4.79 Å². The number of carbonyl (C=O) groups is 1. The minimum Gasteiger partial charge on any atom is -0.469 e. The lowest BCUT2D eigenvalue weighted by molar-refractivity contribution is -0.142. The maximum absolute atomic E-state index is 11.9. The van der Waals surface area contributed by atoms with Gasteiger partial charge in [0, 0.05) is 34.0 Å². The predicted molar refractivity (Wildman–Crippen MR) is 107 cm³/mol. The molecule has 2 aromatic rings. The molecule has 3 heterocycles. The highest BCUT2D eigenvalue weighted by atomic mass is 79.9. The van der Waals surface area contributed by atoms with Crippen molar-refractivity contribution in [3.63, 3.8) is 0 Å². The number of carbonyl (C=O) groups excluding carboxylic acids is 1. The maximum Gasteiger partial charge on any atom is 0.305 e. The van der Waals surface area contributed by atoms with Crippen LogP contribution in [0.5, 0.6) is 0 Å². The molecule has 1 N–H and O–H groups in total. The Morgan fingerprint density at radius 3 is 3.04 bits per heavy atom. The van der Waals surface area contributed by atoms with E-state index in [2.05, 4.69) is 50.9 Å². The molecule has 1 saturated heterocycles. The van der Waals surface area contributed by atoms with E-state index in [-0.39, 0.29) is 11.4 Å². The van der Waals surface area contributed by atoms with Gasteiger partial charge in [-0.15, -0.1) is 0 Å². The molecule has 0 spiro atoms. The Morgan fingerprint density at radius 1 is 1.42 bits per heavy atom. The lowest BCUT2D eigenvalue weighted by atomic mass is 9.65. The van der Waals surface area contributed by atoms with Crippen LogP contribution >= 0.6 is 15.9 Å². The highest BCUT2D eigenvalue weighted by Gasteiger charge is 2.47. The molecular weight excluding hydrogens is 392 g/mol. The number of fused-ring (bicyclic) bond motifs is 5. The smallest absolute Gasteiger partial charge is 0.305 e. The Hall–Kier alpha value is -1.33. The Morgan fingerprint density at radius 2 is 2.27 bits per heavy atom. The third kappa shape index (κ3) is 2.80. The van der Waals surface area contributed by atoms with E-state index in [0.717, 1.165) is 32.4 Å². The van der Waals surface area contributed by atoms with Gasteiger partial charge in [0.1, 0.15) is 0 Å². The molecule has 4 nitrogen and oxygen atoms in total. The summed E-state index contributed by atoms with van der Waals surface area (Å²) in [6.07, 6.45) is 5.97. The monoisotopic (exact) mass is 418 g/mol. The lowest BCUT2D eigenvalue weighted by Crippen LogP contribution is -2.49. The van der Waals surface area contributed by atoms with Crippen LogP contribution < -0.4 is 0 Å². The SMILES string of the molecule is CC[C@@]1(CCC(=O)OC)CCCN2CCc3c([nH]c4cccc(Br)c34)[C@@H]21. The van der Waals surface area contributed by atoms with E-state index in [4.69, 9.17) is 4.74 Å². The number of halogens is 1. The number of piperidine rings is 1. The van der Waals surface area contributed by atoms with Gasteiger partial charge in [0.25, 0.3) is 0 Å².